The fourth-order valence-electron chi connectivity index (χ4n) is 1.73. The molecule has 0 spiro atoms. The molecule has 2 heterocycles. The SMILES string of the molecule is CN(C)c1nc(N)nc2c1CCNC2. The van der Waals surface area contributed by atoms with Crippen LogP contribution in [0.25, 0.3) is 0 Å². The molecule has 1 aromatic rings. The average molecular weight is 193 g/mol. The third-order valence-corrected chi connectivity index (χ3v) is 2.36. The van der Waals surface area contributed by atoms with Crippen molar-refractivity contribution in [2.75, 3.05) is 31.3 Å². The number of anilines is 2. The van der Waals surface area contributed by atoms with Crippen LogP contribution in [0.3, 0.4) is 0 Å². The molecular formula is C9H15N5. The van der Waals surface area contributed by atoms with Gasteiger partial charge in [-0.3, -0.25) is 0 Å². The number of rotatable bonds is 1. The third kappa shape index (κ3) is 1.50. The fourth-order valence-corrected chi connectivity index (χ4v) is 1.73. The largest absolute Gasteiger partial charge is 0.368 e. The van der Waals surface area contributed by atoms with Gasteiger partial charge in [-0.15, -0.1) is 0 Å². The molecule has 1 aliphatic heterocycles. The number of fused-ring (bicyclic) bond motifs is 1. The van der Waals surface area contributed by atoms with Crippen molar-refractivity contribution in [3.8, 4) is 0 Å². The van der Waals surface area contributed by atoms with E-state index in [4.69, 9.17) is 5.73 Å². The van der Waals surface area contributed by atoms with E-state index in [1.165, 1.54) is 5.56 Å². The Kier molecular flexibility index (Phi) is 2.25. The first kappa shape index (κ1) is 9.21. The molecule has 0 amide bonds. The number of nitrogen functional groups attached to an aromatic ring is 1. The molecular weight excluding hydrogens is 178 g/mol. The van der Waals surface area contributed by atoms with E-state index in [9.17, 15) is 0 Å². The number of nitrogens with one attached hydrogen (secondary N) is 1. The van der Waals surface area contributed by atoms with Crippen LogP contribution in [0.2, 0.25) is 0 Å². The highest BCUT2D eigenvalue weighted by Gasteiger charge is 2.17. The molecule has 0 fully saturated rings. The molecule has 0 bridgehead atoms. The topological polar surface area (TPSA) is 67.1 Å². The lowest BCUT2D eigenvalue weighted by atomic mass is 10.1. The monoisotopic (exact) mass is 193 g/mol. The van der Waals surface area contributed by atoms with Crippen LogP contribution in [-0.2, 0) is 13.0 Å². The maximum Gasteiger partial charge on any atom is 0.222 e. The van der Waals surface area contributed by atoms with Gasteiger partial charge in [0, 0.05) is 26.2 Å². The van der Waals surface area contributed by atoms with Crippen LogP contribution < -0.4 is 16.0 Å². The number of nitrogens with two attached hydrogens (primary N) is 1. The predicted octanol–water partition coefficient (Wildman–Crippen LogP) is -0.230. The first-order valence-corrected chi connectivity index (χ1v) is 4.72. The predicted molar refractivity (Wildman–Crippen MR) is 56.2 cm³/mol. The van der Waals surface area contributed by atoms with E-state index in [0.717, 1.165) is 31.0 Å². The first-order chi connectivity index (χ1) is 6.68. The van der Waals surface area contributed by atoms with E-state index in [-0.39, 0.29) is 0 Å². The normalized spacial score (nSPS) is 15.0. The van der Waals surface area contributed by atoms with Crippen LogP contribution in [0.4, 0.5) is 11.8 Å². The van der Waals surface area contributed by atoms with Crippen molar-refractivity contribution in [2.24, 2.45) is 0 Å². The molecule has 0 aliphatic carbocycles. The van der Waals surface area contributed by atoms with Gasteiger partial charge in [-0.2, -0.15) is 4.98 Å². The molecule has 0 radical (unpaired) electrons. The van der Waals surface area contributed by atoms with Gasteiger partial charge >= 0.3 is 0 Å². The zero-order valence-corrected chi connectivity index (χ0v) is 8.54. The van der Waals surface area contributed by atoms with Crippen molar-refractivity contribution in [3.63, 3.8) is 0 Å². The molecule has 1 aromatic heterocycles. The summed E-state index contributed by atoms with van der Waals surface area (Å²) in [5.41, 5.74) is 7.90. The minimum atomic E-state index is 0.358. The van der Waals surface area contributed by atoms with Crippen LogP contribution in [0, 0.1) is 0 Å². The van der Waals surface area contributed by atoms with Crippen molar-refractivity contribution < 1.29 is 0 Å². The quantitative estimate of drug-likeness (QED) is 0.645. The van der Waals surface area contributed by atoms with Crippen molar-refractivity contribution in [2.45, 2.75) is 13.0 Å². The minimum Gasteiger partial charge on any atom is -0.368 e. The van der Waals surface area contributed by atoms with Crippen LogP contribution in [0.1, 0.15) is 11.3 Å². The Balaban J connectivity index is 2.52. The molecule has 0 aromatic carbocycles. The Labute approximate surface area is 83.3 Å². The van der Waals surface area contributed by atoms with Gasteiger partial charge in [0.15, 0.2) is 0 Å². The molecule has 2 rings (SSSR count). The van der Waals surface area contributed by atoms with E-state index in [0.29, 0.717) is 5.95 Å². The molecule has 0 saturated carbocycles. The molecule has 14 heavy (non-hydrogen) atoms. The highest BCUT2D eigenvalue weighted by Crippen LogP contribution is 2.22. The number of hydrogen-bond donors (Lipinski definition) is 2. The summed E-state index contributed by atoms with van der Waals surface area (Å²) >= 11 is 0. The fraction of sp³-hybridized carbons (Fsp3) is 0.556. The summed E-state index contributed by atoms with van der Waals surface area (Å²) in [7, 11) is 3.95. The second-order valence-electron chi connectivity index (χ2n) is 3.65. The Morgan fingerprint density at radius 2 is 2.14 bits per heavy atom. The maximum atomic E-state index is 5.64. The number of aromatic nitrogens is 2. The molecule has 0 unspecified atom stereocenters. The van der Waals surface area contributed by atoms with Crippen molar-refractivity contribution in [1.29, 1.82) is 0 Å². The second-order valence-corrected chi connectivity index (χ2v) is 3.65. The summed E-state index contributed by atoms with van der Waals surface area (Å²) in [5.74, 6) is 1.31. The van der Waals surface area contributed by atoms with E-state index < -0.39 is 0 Å². The van der Waals surface area contributed by atoms with Crippen LogP contribution >= 0.6 is 0 Å². The van der Waals surface area contributed by atoms with E-state index in [2.05, 4.69) is 15.3 Å². The standard InChI is InChI=1S/C9H15N5/c1-14(2)8-6-3-4-11-5-7(6)12-9(10)13-8/h11H,3-5H2,1-2H3,(H2,10,12,13). The van der Waals surface area contributed by atoms with Gasteiger partial charge in [0.25, 0.3) is 0 Å². The Morgan fingerprint density at radius 3 is 2.86 bits per heavy atom. The smallest absolute Gasteiger partial charge is 0.222 e. The Morgan fingerprint density at radius 1 is 1.36 bits per heavy atom. The summed E-state index contributed by atoms with van der Waals surface area (Å²) in [6.07, 6.45) is 0.975. The summed E-state index contributed by atoms with van der Waals surface area (Å²) < 4.78 is 0. The molecule has 3 N–H and O–H groups in total. The summed E-state index contributed by atoms with van der Waals surface area (Å²) in [6.45, 7) is 1.78. The lowest BCUT2D eigenvalue weighted by Crippen LogP contribution is -2.28. The van der Waals surface area contributed by atoms with Gasteiger partial charge in [-0.05, 0) is 13.0 Å². The number of hydrogen-bond acceptors (Lipinski definition) is 5. The summed E-state index contributed by atoms with van der Waals surface area (Å²) in [4.78, 5) is 10.5. The van der Waals surface area contributed by atoms with Gasteiger partial charge < -0.3 is 16.0 Å². The Bertz CT molecular complexity index is 347. The molecule has 0 atom stereocenters. The van der Waals surface area contributed by atoms with Gasteiger partial charge in [0.05, 0.1) is 5.69 Å². The van der Waals surface area contributed by atoms with Gasteiger partial charge in [0.2, 0.25) is 5.95 Å². The second kappa shape index (κ2) is 3.42. The first-order valence-electron chi connectivity index (χ1n) is 4.72. The zero-order chi connectivity index (χ0) is 10.1. The van der Waals surface area contributed by atoms with Crippen LogP contribution in [-0.4, -0.2) is 30.6 Å². The van der Waals surface area contributed by atoms with Crippen LogP contribution in [0.15, 0.2) is 0 Å². The molecule has 5 heteroatoms. The molecule has 76 valence electrons. The lowest BCUT2D eigenvalue weighted by molar-refractivity contribution is 0.623. The lowest BCUT2D eigenvalue weighted by Gasteiger charge is -2.22. The van der Waals surface area contributed by atoms with Gasteiger partial charge in [-0.25, -0.2) is 4.98 Å². The summed E-state index contributed by atoms with van der Waals surface area (Å²) in [5, 5.41) is 3.27. The average Bonchev–Trinajstić information content (AvgIpc) is 2.16. The third-order valence-electron chi connectivity index (χ3n) is 2.36. The highest BCUT2D eigenvalue weighted by molar-refractivity contribution is 5.51. The zero-order valence-electron chi connectivity index (χ0n) is 8.54. The van der Waals surface area contributed by atoms with Crippen LogP contribution in [0.5, 0.6) is 0 Å². The minimum absolute atomic E-state index is 0.358. The molecule has 1 aliphatic rings. The van der Waals surface area contributed by atoms with Gasteiger partial charge in [0.1, 0.15) is 5.82 Å². The van der Waals surface area contributed by atoms with E-state index in [1.807, 2.05) is 19.0 Å². The van der Waals surface area contributed by atoms with E-state index >= 15 is 0 Å². The van der Waals surface area contributed by atoms with Crippen molar-refractivity contribution in [1.82, 2.24) is 15.3 Å². The Hall–Kier alpha value is -1.36. The highest BCUT2D eigenvalue weighted by atomic mass is 15.2. The summed E-state index contributed by atoms with van der Waals surface area (Å²) in [6, 6.07) is 0. The van der Waals surface area contributed by atoms with E-state index in [1.54, 1.807) is 0 Å². The number of nitrogens with zero attached hydrogens (tertiary/aromatic N) is 3. The molecule has 5 nitrogen and oxygen atoms in total. The molecule has 0 saturated heterocycles. The maximum absolute atomic E-state index is 5.64. The van der Waals surface area contributed by atoms with Crippen molar-refractivity contribution in [3.05, 3.63) is 11.3 Å². The van der Waals surface area contributed by atoms with Crippen molar-refractivity contribution >= 4 is 11.8 Å². The van der Waals surface area contributed by atoms with Gasteiger partial charge in [-0.1, -0.05) is 0 Å².